The minimum atomic E-state index is -0.932. The molecule has 0 aromatic heterocycles. The fourth-order valence-corrected chi connectivity index (χ4v) is 3.04. The van der Waals surface area contributed by atoms with Crippen molar-refractivity contribution in [2.75, 3.05) is 14.2 Å². The molecule has 1 atom stereocenters. The summed E-state index contributed by atoms with van der Waals surface area (Å²) in [7, 11) is 3.09. The van der Waals surface area contributed by atoms with Crippen molar-refractivity contribution in [1.29, 1.82) is 0 Å². The second-order valence-electron chi connectivity index (χ2n) is 4.33. The zero-order valence-electron chi connectivity index (χ0n) is 11.4. The average molecular weight is 392 g/mol. The lowest BCUT2D eigenvalue weighted by molar-refractivity contribution is 0.214. The number of methoxy groups -OCH3 is 2. The van der Waals surface area contributed by atoms with Crippen molar-refractivity contribution in [3.8, 4) is 11.5 Å². The number of ether oxygens (including phenoxy) is 2. The number of aliphatic hydroxyl groups excluding tert-OH is 1. The Morgan fingerprint density at radius 2 is 1.52 bits per heavy atom. The van der Waals surface area contributed by atoms with Gasteiger partial charge in [0.1, 0.15) is 17.6 Å². The summed E-state index contributed by atoms with van der Waals surface area (Å²) in [5, 5.41) is 11.5. The molecule has 0 heterocycles. The van der Waals surface area contributed by atoms with Crippen molar-refractivity contribution in [1.82, 2.24) is 0 Å². The molecule has 0 saturated heterocycles. The van der Waals surface area contributed by atoms with Crippen molar-refractivity contribution < 1.29 is 14.6 Å². The van der Waals surface area contributed by atoms with Crippen LogP contribution >= 0.6 is 39.1 Å². The predicted molar refractivity (Wildman–Crippen MR) is 87.8 cm³/mol. The second kappa shape index (κ2) is 6.88. The van der Waals surface area contributed by atoms with E-state index in [1.807, 2.05) is 0 Å². The molecule has 0 saturated carbocycles. The van der Waals surface area contributed by atoms with Crippen LogP contribution in [-0.4, -0.2) is 19.3 Å². The minimum absolute atomic E-state index is 0.458. The summed E-state index contributed by atoms with van der Waals surface area (Å²) in [5.74, 6) is 1.13. The van der Waals surface area contributed by atoms with Gasteiger partial charge in [-0.1, -0.05) is 23.2 Å². The van der Waals surface area contributed by atoms with Crippen molar-refractivity contribution in [2.45, 2.75) is 6.10 Å². The second-order valence-corrected chi connectivity index (χ2v) is 6.06. The molecule has 1 N–H and O–H groups in total. The molecule has 6 heteroatoms. The fraction of sp³-hybridized carbons (Fsp3) is 0.200. The highest BCUT2D eigenvalue weighted by molar-refractivity contribution is 9.10. The average Bonchev–Trinajstić information content (AvgIpc) is 2.45. The number of hydrogen-bond acceptors (Lipinski definition) is 3. The van der Waals surface area contributed by atoms with E-state index >= 15 is 0 Å². The highest BCUT2D eigenvalue weighted by Crippen LogP contribution is 2.38. The monoisotopic (exact) mass is 390 g/mol. The molecule has 0 spiro atoms. The fourth-order valence-electron chi connectivity index (χ4n) is 2.01. The van der Waals surface area contributed by atoms with Gasteiger partial charge in [0.05, 0.1) is 18.7 Å². The first kappa shape index (κ1) is 16.4. The first-order valence-corrected chi connectivity index (χ1v) is 7.56. The van der Waals surface area contributed by atoms with Crippen LogP contribution in [0.5, 0.6) is 11.5 Å². The lowest BCUT2D eigenvalue weighted by Gasteiger charge is -2.18. The maximum Gasteiger partial charge on any atom is 0.133 e. The molecule has 3 nitrogen and oxygen atoms in total. The van der Waals surface area contributed by atoms with E-state index in [1.165, 1.54) is 7.11 Å². The molecule has 0 radical (unpaired) electrons. The standard InChI is InChI=1S/C15H13BrCl2O3/c1-20-13-7-12(16)14(21-2)6-11(13)15(19)8-3-9(17)5-10(18)4-8/h3-7,15,19H,1-2H3. The molecule has 0 fully saturated rings. The summed E-state index contributed by atoms with van der Waals surface area (Å²) in [4.78, 5) is 0. The molecule has 21 heavy (non-hydrogen) atoms. The third-order valence-electron chi connectivity index (χ3n) is 3.00. The molecule has 112 valence electrons. The van der Waals surface area contributed by atoms with Gasteiger partial charge < -0.3 is 14.6 Å². The molecule has 2 rings (SSSR count). The lowest BCUT2D eigenvalue weighted by Crippen LogP contribution is -2.03. The quantitative estimate of drug-likeness (QED) is 0.809. The topological polar surface area (TPSA) is 38.7 Å². The highest BCUT2D eigenvalue weighted by atomic mass is 79.9. The van der Waals surface area contributed by atoms with Crippen LogP contribution in [0.1, 0.15) is 17.2 Å². The van der Waals surface area contributed by atoms with E-state index < -0.39 is 6.10 Å². The molecule has 1 unspecified atom stereocenters. The Bertz CT molecular complexity index is 641. The first-order chi connectivity index (χ1) is 9.96. The minimum Gasteiger partial charge on any atom is -0.496 e. The maximum absolute atomic E-state index is 10.6. The Kier molecular flexibility index (Phi) is 5.38. The highest BCUT2D eigenvalue weighted by Gasteiger charge is 2.19. The SMILES string of the molecule is COc1cc(C(O)c2cc(Cl)cc(Cl)c2)c(OC)cc1Br. The molecule has 0 aliphatic carbocycles. The molecule has 0 amide bonds. The Morgan fingerprint density at radius 1 is 0.952 bits per heavy atom. The van der Waals surface area contributed by atoms with Crippen LogP contribution in [-0.2, 0) is 0 Å². The molecule has 2 aromatic rings. The summed E-state index contributed by atoms with van der Waals surface area (Å²) in [6, 6.07) is 8.38. The Hall–Kier alpha value is -0.940. The Balaban J connectivity index is 2.53. The summed E-state index contributed by atoms with van der Waals surface area (Å²) >= 11 is 15.3. The van der Waals surface area contributed by atoms with Crippen molar-refractivity contribution in [3.05, 3.63) is 56.0 Å². The van der Waals surface area contributed by atoms with Crippen LogP contribution in [0.4, 0.5) is 0 Å². The summed E-state index contributed by atoms with van der Waals surface area (Å²) in [6.07, 6.45) is -0.932. The third kappa shape index (κ3) is 3.64. The number of benzene rings is 2. The number of aliphatic hydroxyl groups is 1. The van der Waals surface area contributed by atoms with Gasteiger partial charge in [-0.05, 0) is 51.8 Å². The lowest BCUT2D eigenvalue weighted by atomic mass is 10.0. The van der Waals surface area contributed by atoms with E-state index in [4.69, 9.17) is 32.7 Å². The van der Waals surface area contributed by atoms with Crippen molar-refractivity contribution in [3.63, 3.8) is 0 Å². The summed E-state index contributed by atoms with van der Waals surface area (Å²) in [6.45, 7) is 0. The van der Waals surface area contributed by atoms with E-state index in [2.05, 4.69) is 15.9 Å². The zero-order chi connectivity index (χ0) is 15.6. The van der Waals surface area contributed by atoms with Gasteiger partial charge in [0.2, 0.25) is 0 Å². The number of rotatable bonds is 4. The van der Waals surface area contributed by atoms with Crippen LogP contribution in [0, 0.1) is 0 Å². The van der Waals surface area contributed by atoms with E-state index in [1.54, 1.807) is 37.4 Å². The number of halogens is 3. The van der Waals surface area contributed by atoms with Crippen LogP contribution in [0.3, 0.4) is 0 Å². The maximum atomic E-state index is 10.6. The van der Waals surface area contributed by atoms with E-state index in [-0.39, 0.29) is 0 Å². The van der Waals surface area contributed by atoms with Gasteiger partial charge in [-0.25, -0.2) is 0 Å². The van der Waals surface area contributed by atoms with Crippen LogP contribution in [0.25, 0.3) is 0 Å². The van der Waals surface area contributed by atoms with Crippen molar-refractivity contribution in [2.24, 2.45) is 0 Å². The van der Waals surface area contributed by atoms with Gasteiger partial charge in [-0.15, -0.1) is 0 Å². The summed E-state index contributed by atoms with van der Waals surface area (Å²) < 4.78 is 11.3. The van der Waals surface area contributed by atoms with Crippen molar-refractivity contribution >= 4 is 39.1 Å². The van der Waals surface area contributed by atoms with E-state index in [9.17, 15) is 5.11 Å². The molecular weight excluding hydrogens is 379 g/mol. The van der Waals surface area contributed by atoms with E-state index in [0.29, 0.717) is 32.7 Å². The van der Waals surface area contributed by atoms with Gasteiger partial charge in [-0.3, -0.25) is 0 Å². The zero-order valence-corrected chi connectivity index (χ0v) is 14.5. The molecular formula is C15H13BrCl2O3. The Labute approximate surface area is 141 Å². The summed E-state index contributed by atoms with van der Waals surface area (Å²) in [5.41, 5.74) is 1.14. The number of hydrogen-bond donors (Lipinski definition) is 1. The van der Waals surface area contributed by atoms with Gasteiger partial charge in [0.15, 0.2) is 0 Å². The molecule has 0 bridgehead atoms. The molecule has 2 aromatic carbocycles. The largest absolute Gasteiger partial charge is 0.496 e. The Morgan fingerprint density at radius 3 is 2.05 bits per heavy atom. The predicted octanol–water partition coefficient (Wildman–Crippen LogP) is 4.85. The van der Waals surface area contributed by atoms with Gasteiger partial charge in [-0.2, -0.15) is 0 Å². The van der Waals surface area contributed by atoms with E-state index in [0.717, 1.165) is 4.47 Å². The van der Waals surface area contributed by atoms with Crippen LogP contribution < -0.4 is 9.47 Å². The van der Waals surface area contributed by atoms with Gasteiger partial charge >= 0.3 is 0 Å². The third-order valence-corrected chi connectivity index (χ3v) is 4.06. The van der Waals surface area contributed by atoms with Crippen LogP contribution in [0.2, 0.25) is 10.0 Å². The van der Waals surface area contributed by atoms with Gasteiger partial charge in [0, 0.05) is 15.6 Å². The van der Waals surface area contributed by atoms with Crippen LogP contribution in [0.15, 0.2) is 34.8 Å². The first-order valence-electron chi connectivity index (χ1n) is 6.01. The smallest absolute Gasteiger partial charge is 0.133 e. The normalized spacial score (nSPS) is 12.1. The van der Waals surface area contributed by atoms with Gasteiger partial charge in [0.25, 0.3) is 0 Å². The molecule has 0 aliphatic heterocycles. The molecule has 0 aliphatic rings.